The van der Waals surface area contributed by atoms with Gasteiger partial charge in [-0.1, -0.05) is 48.0 Å². The maximum absolute atomic E-state index is 12.2. The molecule has 3 rings (SSSR count). The molecule has 1 heterocycles. The quantitative estimate of drug-likeness (QED) is 0.807. The van der Waals surface area contributed by atoms with Crippen molar-refractivity contribution < 1.29 is 4.79 Å². The normalized spacial score (nSPS) is 10.6. The van der Waals surface area contributed by atoms with Crippen LogP contribution in [0.2, 0.25) is 5.02 Å². The summed E-state index contributed by atoms with van der Waals surface area (Å²) < 4.78 is 1.28. The van der Waals surface area contributed by atoms with Gasteiger partial charge in [-0.25, -0.2) is 0 Å². The van der Waals surface area contributed by atoms with Gasteiger partial charge in [0.15, 0.2) is 0 Å². The average Bonchev–Trinajstić information content (AvgIpc) is 2.51. The Kier molecular flexibility index (Phi) is 3.94. The van der Waals surface area contributed by atoms with E-state index in [1.165, 1.54) is 22.9 Å². The number of nitrogens with one attached hydrogen (secondary N) is 1. The molecule has 0 saturated heterocycles. The third kappa shape index (κ3) is 3.02. The van der Waals surface area contributed by atoms with Crippen molar-refractivity contribution in [3.63, 3.8) is 0 Å². The monoisotopic (exact) mass is 312 g/mol. The molecule has 0 atom stereocenters. The summed E-state index contributed by atoms with van der Waals surface area (Å²) >= 11 is 5.85. The van der Waals surface area contributed by atoms with Crippen molar-refractivity contribution in [1.82, 2.24) is 4.57 Å². The highest BCUT2D eigenvalue weighted by Crippen LogP contribution is 2.22. The molecule has 0 aliphatic heterocycles. The zero-order chi connectivity index (χ0) is 15.5. The minimum Gasteiger partial charge on any atom is -0.324 e. The van der Waals surface area contributed by atoms with E-state index in [4.69, 9.17) is 11.6 Å². The van der Waals surface area contributed by atoms with Crippen LogP contribution < -0.4 is 10.9 Å². The summed E-state index contributed by atoms with van der Waals surface area (Å²) in [5, 5.41) is 5.25. The van der Waals surface area contributed by atoms with Crippen molar-refractivity contribution in [2.75, 3.05) is 5.32 Å². The molecule has 4 nitrogen and oxygen atoms in total. The van der Waals surface area contributed by atoms with E-state index in [1.807, 2.05) is 42.5 Å². The fraction of sp³-hybridized carbons (Fsp3) is 0.0588. The van der Waals surface area contributed by atoms with Crippen LogP contribution in [0.1, 0.15) is 0 Å². The lowest BCUT2D eigenvalue weighted by Gasteiger charge is -2.10. The van der Waals surface area contributed by atoms with Crippen molar-refractivity contribution in [2.24, 2.45) is 0 Å². The molecule has 1 aromatic heterocycles. The molecule has 1 amide bonds. The number of hydrogen-bond donors (Lipinski definition) is 1. The summed E-state index contributed by atoms with van der Waals surface area (Å²) in [7, 11) is 0. The smallest absolute Gasteiger partial charge is 0.251 e. The molecule has 1 N–H and O–H groups in total. The van der Waals surface area contributed by atoms with E-state index < -0.39 is 0 Å². The van der Waals surface area contributed by atoms with Crippen molar-refractivity contribution in [2.45, 2.75) is 6.54 Å². The van der Waals surface area contributed by atoms with Gasteiger partial charge in [-0.3, -0.25) is 9.59 Å². The molecule has 22 heavy (non-hydrogen) atoms. The first-order valence-corrected chi connectivity index (χ1v) is 7.15. The maximum atomic E-state index is 12.2. The lowest BCUT2D eigenvalue weighted by atomic mass is 10.1. The Morgan fingerprint density at radius 2 is 1.82 bits per heavy atom. The first-order valence-electron chi connectivity index (χ1n) is 6.77. The van der Waals surface area contributed by atoms with E-state index in [1.54, 1.807) is 0 Å². The molecule has 0 aliphatic carbocycles. The number of hydrogen-bond acceptors (Lipinski definition) is 2. The Balaban J connectivity index is 1.84. The summed E-state index contributed by atoms with van der Waals surface area (Å²) in [6, 6.07) is 16.3. The topological polar surface area (TPSA) is 51.1 Å². The second-order valence-corrected chi connectivity index (χ2v) is 5.32. The van der Waals surface area contributed by atoms with Crippen LogP contribution in [0.25, 0.3) is 10.8 Å². The first-order chi connectivity index (χ1) is 10.6. The van der Waals surface area contributed by atoms with Crippen LogP contribution >= 0.6 is 11.6 Å². The molecule has 110 valence electrons. The second-order valence-electron chi connectivity index (χ2n) is 4.89. The van der Waals surface area contributed by atoms with E-state index in [2.05, 4.69) is 5.32 Å². The van der Waals surface area contributed by atoms with Crippen molar-refractivity contribution in [3.05, 3.63) is 76.2 Å². The van der Waals surface area contributed by atoms with Crippen molar-refractivity contribution in [1.29, 1.82) is 0 Å². The highest BCUT2D eigenvalue weighted by Gasteiger charge is 2.07. The third-order valence-corrected chi connectivity index (χ3v) is 3.55. The summed E-state index contributed by atoms with van der Waals surface area (Å²) in [6.45, 7) is -0.0807. The standard InChI is InChI=1S/C17H13ClN2O2/c18-13-8-9-17(22)20(10-13)11-16(21)19-15-7-3-5-12-4-1-2-6-14(12)15/h1-10H,11H2,(H,19,21). The number of benzene rings is 2. The predicted octanol–water partition coefficient (Wildman–Crippen LogP) is 3.29. The van der Waals surface area contributed by atoms with Gasteiger partial charge in [0.25, 0.3) is 5.56 Å². The van der Waals surface area contributed by atoms with Crippen LogP contribution in [0.3, 0.4) is 0 Å². The van der Waals surface area contributed by atoms with E-state index in [0.717, 1.165) is 16.5 Å². The van der Waals surface area contributed by atoms with Gasteiger partial charge >= 0.3 is 0 Å². The van der Waals surface area contributed by atoms with Crippen LogP contribution in [-0.4, -0.2) is 10.5 Å². The van der Waals surface area contributed by atoms with Gasteiger partial charge < -0.3 is 9.88 Å². The van der Waals surface area contributed by atoms with Crippen molar-refractivity contribution in [3.8, 4) is 0 Å². The molecule has 0 spiro atoms. The first kappa shape index (κ1) is 14.4. The fourth-order valence-electron chi connectivity index (χ4n) is 2.30. The number of fused-ring (bicyclic) bond motifs is 1. The van der Waals surface area contributed by atoms with Gasteiger partial charge in [0.2, 0.25) is 5.91 Å². The minimum atomic E-state index is -0.277. The molecule has 0 saturated carbocycles. The SMILES string of the molecule is O=C(Cn1cc(Cl)ccc1=O)Nc1cccc2ccccc12. The zero-order valence-corrected chi connectivity index (χ0v) is 12.4. The van der Waals surface area contributed by atoms with E-state index in [0.29, 0.717) is 5.02 Å². The largest absolute Gasteiger partial charge is 0.324 e. The van der Waals surface area contributed by atoms with Crippen LogP contribution in [0.4, 0.5) is 5.69 Å². The molecule has 0 fully saturated rings. The molecule has 5 heteroatoms. The van der Waals surface area contributed by atoms with Crippen LogP contribution in [0.15, 0.2) is 65.6 Å². The maximum Gasteiger partial charge on any atom is 0.251 e. The highest BCUT2D eigenvalue weighted by molar-refractivity contribution is 6.30. The zero-order valence-electron chi connectivity index (χ0n) is 11.6. The number of nitrogens with zero attached hydrogens (tertiary/aromatic N) is 1. The number of anilines is 1. The molecule has 0 bridgehead atoms. The van der Waals surface area contributed by atoms with Crippen LogP contribution in [0, 0.1) is 0 Å². The summed E-state index contributed by atoms with van der Waals surface area (Å²) in [5.74, 6) is -0.277. The third-order valence-electron chi connectivity index (χ3n) is 3.33. The Morgan fingerprint density at radius 1 is 1.05 bits per heavy atom. The molecular formula is C17H13ClN2O2. The highest BCUT2D eigenvalue weighted by atomic mass is 35.5. The van der Waals surface area contributed by atoms with Gasteiger partial charge in [-0.2, -0.15) is 0 Å². The summed E-state index contributed by atoms with van der Waals surface area (Å²) in [5.41, 5.74) is 0.454. The number of aromatic nitrogens is 1. The number of carbonyl (C=O) groups is 1. The van der Waals surface area contributed by atoms with E-state index in [9.17, 15) is 9.59 Å². The van der Waals surface area contributed by atoms with E-state index >= 15 is 0 Å². The fourth-order valence-corrected chi connectivity index (χ4v) is 2.49. The molecule has 0 aliphatic rings. The Hall–Kier alpha value is -2.59. The van der Waals surface area contributed by atoms with E-state index in [-0.39, 0.29) is 18.0 Å². The minimum absolute atomic E-state index is 0.0807. The van der Waals surface area contributed by atoms with Gasteiger partial charge in [0.1, 0.15) is 6.54 Å². The number of rotatable bonds is 3. The Morgan fingerprint density at radius 3 is 2.68 bits per heavy atom. The molecule has 0 unspecified atom stereocenters. The summed E-state index contributed by atoms with van der Waals surface area (Å²) in [4.78, 5) is 23.9. The second kappa shape index (κ2) is 6.03. The molecule has 2 aromatic carbocycles. The number of halogens is 1. The Labute approximate surface area is 132 Å². The molecular weight excluding hydrogens is 300 g/mol. The van der Waals surface area contributed by atoms with Gasteiger partial charge in [0, 0.05) is 23.3 Å². The van der Waals surface area contributed by atoms with Gasteiger partial charge in [-0.05, 0) is 17.5 Å². The Bertz CT molecular complexity index is 897. The van der Waals surface area contributed by atoms with Crippen molar-refractivity contribution >= 4 is 34.0 Å². The molecule has 0 radical (unpaired) electrons. The van der Waals surface area contributed by atoms with Crippen LogP contribution in [-0.2, 0) is 11.3 Å². The number of amides is 1. The van der Waals surface area contributed by atoms with Gasteiger partial charge in [0.05, 0.1) is 5.02 Å². The lowest BCUT2D eigenvalue weighted by molar-refractivity contribution is -0.116. The number of carbonyl (C=O) groups excluding carboxylic acids is 1. The number of pyridine rings is 1. The van der Waals surface area contributed by atoms with Gasteiger partial charge in [-0.15, -0.1) is 0 Å². The summed E-state index contributed by atoms with van der Waals surface area (Å²) in [6.07, 6.45) is 1.45. The molecule has 3 aromatic rings. The lowest BCUT2D eigenvalue weighted by Crippen LogP contribution is -2.26. The average molecular weight is 313 g/mol. The predicted molar refractivity (Wildman–Crippen MR) is 88.3 cm³/mol. The van der Waals surface area contributed by atoms with Crippen LogP contribution in [0.5, 0.6) is 0 Å².